The van der Waals surface area contributed by atoms with Crippen LogP contribution in [0.4, 0.5) is 0 Å². The van der Waals surface area contributed by atoms with Crippen molar-refractivity contribution in [3.63, 3.8) is 0 Å². The summed E-state index contributed by atoms with van der Waals surface area (Å²) in [6.07, 6.45) is 1.94. The molecule has 1 aromatic rings. The van der Waals surface area contributed by atoms with E-state index in [0.717, 1.165) is 35.6 Å². The zero-order valence-corrected chi connectivity index (χ0v) is 9.45. The van der Waals surface area contributed by atoms with Gasteiger partial charge in [-0.05, 0) is 12.5 Å². The van der Waals surface area contributed by atoms with Crippen molar-refractivity contribution in [1.82, 2.24) is 0 Å². The fraction of sp³-hybridized carbons (Fsp3) is 0.583. The van der Waals surface area contributed by atoms with Gasteiger partial charge < -0.3 is 9.62 Å². The molecule has 0 spiro atoms. The van der Waals surface area contributed by atoms with Crippen molar-refractivity contribution >= 4 is 5.71 Å². The number of hydrogen-bond acceptors (Lipinski definition) is 3. The monoisotopic (exact) mass is 207 g/mol. The van der Waals surface area contributed by atoms with Crippen LogP contribution in [0.2, 0.25) is 0 Å². The minimum Gasteiger partial charge on any atom is -0.465 e. The summed E-state index contributed by atoms with van der Waals surface area (Å²) in [4.78, 5) is 0. The molecule has 1 aliphatic carbocycles. The maximum absolute atomic E-state index is 9.00. The molecule has 0 radical (unpaired) electrons. The van der Waals surface area contributed by atoms with E-state index in [1.54, 1.807) is 0 Å². The zero-order chi connectivity index (χ0) is 11.0. The standard InChI is InChI=1S/C12H17NO2/c1-7(2)11-6-9-10(15-11)5-4-8(3)12(9)13-14/h6-8,14H,4-5H2,1-3H3/b13-12-. The van der Waals surface area contributed by atoms with Crippen LogP contribution in [-0.4, -0.2) is 10.9 Å². The molecule has 2 rings (SSSR count). The highest BCUT2D eigenvalue weighted by Crippen LogP contribution is 2.31. The van der Waals surface area contributed by atoms with Gasteiger partial charge in [0, 0.05) is 23.8 Å². The van der Waals surface area contributed by atoms with E-state index in [9.17, 15) is 0 Å². The van der Waals surface area contributed by atoms with Gasteiger partial charge in [0.1, 0.15) is 11.5 Å². The van der Waals surface area contributed by atoms with Gasteiger partial charge in [0.15, 0.2) is 0 Å². The van der Waals surface area contributed by atoms with E-state index in [0.29, 0.717) is 11.8 Å². The predicted octanol–water partition coefficient (Wildman–Crippen LogP) is 3.16. The molecule has 82 valence electrons. The average molecular weight is 207 g/mol. The summed E-state index contributed by atoms with van der Waals surface area (Å²) < 4.78 is 5.76. The van der Waals surface area contributed by atoms with Crippen LogP contribution in [0.25, 0.3) is 0 Å². The molecule has 0 aromatic carbocycles. The van der Waals surface area contributed by atoms with E-state index in [1.165, 1.54) is 0 Å². The van der Waals surface area contributed by atoms with E-state index in [2.05, 4.69) is 25.9 Å². The molecule has 0 saturated carbocycles. The number of nitrogens with zero attached hydrogens (tertiary/aromatic N) is 1. The summed E-state index contributed by atoms with van der Waals surface area (Å²) in [5, 5.41) is 12.4. The highest BCUT2D eigenvalue weighted by molar-refractivity contribution is 6.03. The second-order valence-electron chi connectivity index (χ2n) is 4.57. The van der Waals surface area contributed by atoms with Crippen molar-refractivity contribution in [2.75, 3.05) is 0 Å². The number of rotatable bonds is 1. The number of furan rings is 1. The smallest absolute Gasteiger partial charge is 0.113 e. The predicted molar refractivity (Wildman–Crippen MR) is 58.6 cm³/mol. The number of hydrogen-bond donors (Lipinski definition) is 1. The Morgan fingerprint density at radius 2 is 2.27 bits per heavy atom. The molecule has 0 fully saturated rings. The number of oxime groups is 1. The van der Waals surface area contributed by atoms with Crippen LogP contribution in [0.5, 0.6) is 0 Å². The molecular formula is C12H17NO2. The molecule has 3 nitrogen and oxygen atoms in total. The molecule has 1 atom stereocenters. The molecule has 15 heavy (non-hydrogen) atoms. The third-order valence-corrected chi connectivity index (χ3v) is 3.05. The largest absolute Gasteiger partial charge is 0.465 e. The zero-order valence-electron chi connectivity index (χ0n) is 9.45. The van der Waals surface area contributed by atoms with Gasteiger partial charge >= 0.3 is 0 Å². The van der Waals surface area contributed by atoms with E-state index in [1.807, 2.05) is 6.07 Å². The molecule has 3 heteroatoms. The van der Waals surface area contributed by atoms with Crippen LogP contribution >= 0.6 is 0 Å². The summed E-state index contributed by atoms with van der Waals surface area (Å²) in [6, 6.07) is 2.02. The molecule has 1 heterocycles. The molecule has 0 aliphatic heterocycles. The van der Waals surface area contributed by atoms with Crippen molar-refractivity contribution in [3.05, 3.63) is 23.2 Å². The maximum atomic E-state index is 9.00. The van der Waals surface area contributed by atoms with Gasteiger partial charge in [0.25, 0.3) is 0 Å². The molecule has 0 amide bonds. The first kappa shape index (κ1) is 10.3. The van der Waals surface area contributed by atoms with Crippen LogP contribution in [0.15, 0.2) is 15.6 Å². The summed E-state index contributed by atoms with van der Waals surface area (Å²) in [5.41, 5.74) is 1.77. The molecule has 0 bridgehead atoms. The molecule has 1 N–H and O–H groups in total. The summed E-state index contributed by atoms with van der Waals surface area (Å²) >= 11 is 0. The number of aryl methyl sites for hydroxylation is 1. The lowest BCUT2D eigenvalue weighted by Gasteiger charge is -2.17. The Labute approximate surface area is 89.8 Å². The Balaban J connectivity index is 2.45. The second-order valence-corrected chi connectivity index (χ2v) is 4.57. The minimum absolute atomic E-state index is 0.320. The van der Waals surface area contributed by atoms with Gasteiger partial charge in [-0.15, -0.1) is 0 Å². The first-order chi connectivity index (χ1) is 7.13. The van der Waals surface area contributed by atoms with Gasteiger partial charge in [-0.25, -0.2) is 0 Å². The molecule has 0 saturated heterocycles. The molecule has 1 unspecified atom stereocenters. The number of fused-ring (bicyclic) bond motifs is 1. The minimum atomic E-state index is 0.320. The van der Waals surface area contributed by atoms with Crippen molar-refractivity contribution < 1.29 is 9.62 Å². The van der Waals surface area contributed by atoms with Gasteiger partial charge in [0.2, 0.25) is 0 Å². The van der Waals surface area contributed by atoms with E-state index >= 15 is 0 Å². The van der Waals surface area contributed by atoms with Crippen molar-refractivity contribution in [2.45, 2.75) is 39.5 Å². The van der Waals surface area contributed by atoms with Crippen LogP contribution in [0, 0.1) is 5.92 Å². The summed E-state index contributed by atoms with van der Waals surface area (Å²) in [5.74, 6) is 2.66. The fourth-order valence-corrected chi connectivity index (χ4v) is 2.04. The van der Waals surface area contributed by atoms with Crippen LogP contribution in [0.1, 0.15) is 50.2 Å². The first-order valence-electron chi connectivity index (χ1n) is 5.48. The Morgan fingerprint density at radius 3 is 2.87 bits per heavy atom. The topological polar surface area (TPSA) is 45.7 Å². The van der Waals surface area contributed by atoms with E-state index in [-0.39, 0.29) is 0 Å². The lowest BCUT2D eigenvalue weighted by Crippen LogP contribution is -2.19. The average Bonchev–Trinajstić information content (AvgIpc) is 2.61. The van der Waals surface area contributed by atoms with Crippen molar-refractivity contribution in [2.24, 2.45) is 11.1 Å². The van der Waals surface area contributed by atoms with Gasteiger partial charge in [-0.1, -0.05) is 25.9 Å². The second kappa shape index (κ2) is 3.72. The lowest BCUT2D eigenvalue weighted by molar-refractivity contribution is 0.313. The SMILES string of the molecule is CC1CCc2oc(C(C)C)cc2/C1=N\O. The highest BCUT2D eigenvalue weighted by Gasteiger charge is 2.27. The Morgan fingerprint density at radius 1 is 1.53 bits per heavy atom. The van der Waals surface area contributed by atoms with Crippen molar-refractivity contribution in [3.8, 4) is 0 Å². The quantitative estimate of drug-likeness (QED) is 0.568. The third kappa shape index (κ3) is 1.66. The Hall–Kier alpha value is -1.25. The Kier molecular flexibility index (Phi) is 2.55. The summed E-state index contributed by atoms with van der Waals surface area (Å²) in [6.45, 7) is 6.28. The van der Waals surface area contributed by atoms with Crippen LogP contribution in [0.3, 0.4) is 0 Å². The fourth-order valence-electron chi connectivity index (χ4n) is 2.04. The van der Waals surface area contributed by atoms with Gasteiger partial charge in [-0.3, -0.25) is 0 Å². The molecule has 1 aliphatic rings. The maximum Gasteiger partial charge on any atom is 0.113 e. The normalized spacial score (nSPS) is 23.5. The third-order valence-electron chi connectivity index (χ3n) is 3.05. The summed E-state index contributed by atoms with van der Waals surface area (Å²) in [7, 11) is 0. The van der Waals surface area contributed by atoms with Gasteiger partial charge in [0.05, 0.1) is 5.71 Å². The van der Waals surface area contributed by atoms with Gasteiger partial charge in [-0.2, -0.15) is 0 Å². The first-order valence-corrected chi connectivity index (χ1v) is 5.48. The lowest BCUT2D eigenvalue weighted by atomic mass is 9.87. The van der Waals surface area contributed by atoms with E-state index < -0.39 is 0 Å². The highest BCUT2D eigenvalue weighted by atomic mass is 16.4. The molecular weight excluding hydrogens is 190 g/mol. The van der Waals surface area contributed by atoms with Crippen molar-refractivity contribution in [1.29, 1.82) is 0 Å². The molecule has 1 aromatic heterocycles. The van der Waals surface area contributed by atoms with E-state index in [4.69, 9.17) is 9.62 Å². The van der Waals surface area contributed by atoms with Crippen LogP contribution in [-0.2, 0) is 6.42 Å². The van der Waals surface area contributed by atoms with Crippen LogP contribution < -0.4 is 0 Å². The Bertz CT molecular complexity index is 390.